The van der Waals surface area contributed by atoms with Crippen LogP contribution in [0.15, 0.2) is 123 Å². The van der Waals surface area contributed by atoms with Gasteiger partial charge in [0.1, 0.15) is 0 Å². The van der Waals surface area contributed by atoms with Gasteiger partial charge in [0.15, 0.2) is 0 Å². The van der Waals surface area contributed by atoms with Crippen molar-refractivity contribution < 1.29 is 16.8 Å². The number of nitrogens with zero attached hydrogens (tertiary/aromatic N) is 1. The fraction of sp³-hybridized carbons (Fsp3) is 0.0417. The first-order valence-corrected chi connectivity index (χ1v) is 12.5. The van der Waals surface area contributed by atoms with E-state index in [0.717, 1.165) is 0 Å². The number of hydrogen-bond acceptors (Lipinski definition) is 5. The van der Waals surface area contributed by atoms with Crippen LogP contribution in [0.1, 0.15) is 11.3 Å². The summed E-state index contributed by atoms with van der Waals surface area (Å²) >= 11 is 0. The van der Waals surface area contributed by atoms with E-state index in [-0.39, 0.29) is 26.0 Å². The van der Waals surface area contributed by atoms with Gasteiger partial charge >= 0.3 is 0 Å². The molecular weight excluding hydrogens is 430 g/mol. The van der Waals surface area contributed by atoms with Crippen molar-refractivity contribution in [3.63, 3.8) is 0 Å². The van der Waals surface area contributed by atoms with Crippen LogP contribution in [0.5, 0.6) is 0 Å². The normalized spacial score (nSPS) is 11.9. The van der Waals surface area contributed by atoms with Crippen molar-refractivity contribution in [2.75, 3.05) is 0 Å². The molecule has 0 aliphatic carbocycles. The van der Waals surface area contributed by atoms with E-state index in [1.54, 1.807) is 60.8 Å². The largest absolute Gasteiger partial charge is 0.261 e. The van der Waals surface area contributed by atoms with E-state index in [4.69, 9.17) is 0 Å². The van der Waals surface area contributed by atoms with E-state index in [2.05, 4.69) is 4.98 Å². The summed E-state index contributed by atoms with van der Waals surface area (Å²) in [5.41, 5.74) is 1.17. The van der Waals surface area contributed by atoms with E-state index in [1.807, 2.05) is 6.07 Å². The highest BCUT2D eigenvalue weighted by Gasteiger charge is 2.26. The van der Waals surface area contributed by atoms with Gasteiger partial charge in [-0.25, -0.2) is 16.8 Å². The number of aromatic nitrogens is 1. The van der Waals surface area contributed by atoms with Crippen LogP contribution in [0.25, 0.3) is 0 Å². The van der Waals surface area contributed by atoms with Crippen molar-refractivity contribution in [2.45, 2.75) is 26.0 Å². The third-order valence-corrected chi connectivity index (χ3v) is 8.46. The summed E-state index contributed by atoms with van der Waals surface area (Å²) < 4.78 is 53.1. The molecule has 31 heavy (non-hydrogen) atoms. The first-order valence-electron chi connectivity index (χ1n) is 9.52. The van der Waals surface area contributed by atoms with Crippen LogP contribution in [0, 0.1) is 0 Å². The number of benzene rings is 3. The second-order valence-electron chi connectivity index (χ2n) is 6.90. The zero-order valence-corrected chi connectivity index (χ0v) is 18.1. The van der Waals surface area contributed by atoms with E-state index < -0.39 is 19.7 Å². The first kappa shape index (κ1) is 21.0. The molecule has 0 bridgehead atoms. The Hall–Kier alpha value is -3.29. The van der Waals surface area contributed by atoms with Gasteiger partial charge in [0, 0.05) is 18.3 Å². The highest BCUT2D eigenvalue weighted by Crippen LogP contribution is 2.30. The SMILES string of the molecule is O=S(=O)(c1ccccc1)c1ccc(Cc2ccccn2)c(S(=O)(=O)c2ccccc2)c1. The minimum absolute atomic E-state index is 0.0404. The zero-order valence-electron chi connectivity index (χ0n) is 16.4. The standard InChI is InChI=1S/C24H19NO4S2/c26-30(27,21-10-3-1-4-11-21)23-15-14-19(17-20-9-7-8-16-25-20)24(18-23)31(28,29)22-12-5-2-6-13-22/h1-16,18H,17H2. The lowest BCUT2D eigenvalue weighted by Gasteiger charge is -2.13. The number of pyridine rings is 1. The zero-order chi connectivity index (χ0) is 21.9. The average molecular weight is 450 g/mol. The van der Waals surface area contributed by atoms with Crippen molar-refractivity contribution in [2.24, 2.45) is 0 Å². The van der Waals surface area contributed by atoms with Crippen molar-refractivity contribution in [1.29, 1.82) is 0 Å². The molecule has 0 aliphatic rings. The van der Waals surface area contributed by atoms with Crippen molar-refractivity contribution in [1.82, 2.24) is 4.98 Å². The molecule has 0 N–H and O–H groups in total. The van der Waals surface area contributed by atoms with Crippen LogP contribution < -0.4 is 0 Å². The fourth-order valence-corrected chi connectivity index (χ4v) is 6.18. The molecule has 0 unspecified atom stereocenters. The van der Waals surface area contributed by atoms with Crippen LogP contribution in [0.2, 0.25) is 0 Å². The molecule has 156 valence electrons. The molecule has 3 aromatic carbocycles. The molecule has 0 radical (unpaired) electrons. The fourth-order valence-electron chi connectivity index (χ4n) is 3.26. The molecule has 0 spiro atoms. The molecule has 0 fully saturated rings. The lowest BCUT2D eigenvalue weighted by atomic mass is 10.1. The third kappa shape index (κ3) is 4.28. The maximum absolute atomic E-state index is 13.4. The van der Waals surface area contributed by atoms with Gasteiger partial charge in [-0.3, -0.25) is 4.98 Å². The topological polar surface area (TPSA) is 81.2 Å². The van der Waals surface area contributed by atoms with Gasteiger partial charge in [-0.15, -0.1) is 0 Å². The van der Waals surface area contributed by atoms with Gasteiger partial charge in [-0.05, 0) is 54.1 Å². The predicted molar refractivity (Wildman–Crippen MR) is 117 cm³/mol. The Balaban J connectivity index is 1.90. The van der Waals surface area contributed by atoms with E-state index >= 15 is 0 Å². The summed E-state index contributed by atoms with van der Waals surface area (Å²) in [4.78, 5) is 4.37. The van der Waals surface area contributed by atoms with E-state index in [1.165, 1.54) is 36.4 Å². The predicted octanol–water partition coefficient (Wildman–Crippen LogP) is 4.34. The van der Waals surface area contributed by atoms with E-state index in [0.29, 0.717) is 11.3 Å². The summed E-state index contributed by atoms with van der Waals surface area (Å²) in [5.74, 6) is 0. The highest BCUT2D eigenvalue weighted by atomic mass is 32.2. The monoisotopic (exact) mass is 449 g/mol. The summed E-state index contributed by atoms with van der Waals surface area (Å²) in [6, 6.07) is 25.6. The van der Waals surface area contributed by atoms with Gasteiger partial charge in [-0.2, -0.15) is 0 Å². The van der Waals surface area contributed by atoms with Gasteiger partial charge in [0.25, 0.3) is 0 Å². The molecule has 0 amide bonds. The van der Waals surface area contributed by atoms with Crippen LogP contribution >= 0.6 is 0 Å². The minimum atomic E-state index is -3.95. The molecule has 4 aromatic rings. The molecule has 1 aromatic heterocycles. The average Bonchev–Trinajstić information content (AvgIpc) is 2.81. The number of hydrogen-bond donors (Lipinski definition) is 0. The van der Waals surface area contributed by atoms with Gasteiger partial charge in [-0.1, -0.05) is 48.5 Å². The van der Waals surface area contributed by atoms with Gasteiger partial charge in [0.2, 0.25) is 19.7 Å². The molecule has 0 aliphatic heterocycles. The quantitative estimate of drug-likeness (QED) is 0.437. The molecule has 1 heterocycles. The Labute approximate surface area is 181 Å². The maximum atomic E-state index is 13.4. The molecule has 4 rings (SSSR count). The van der Waals surface area contributed by atoms with Crippen LogP contribution in [-0.2, 0) is 26.1 Å². The lowest BCUT2D eigenvalue weighted by molar-refractivity contribution is 0.593. The molecule has 5 nitrogen and oxygen atoms in total. The molecular formula is C24H19NO4S2. The Bertz CT molecular complexity index is 1400. The van der Waals surface area contributed by atoms with Crippen LogP contribution in [-0.4, -0.2) is 21.8 Å². The summed E-state index contributed by atoms with van der Waals surface area (Å²) in [6.45, 7) is 0. The molecule has 7 heteroatoms. The van der Waals surface area contributed by atoms with Crippen LogP contribution in [0.3, 0.4) is 0 Å². The molecule has 0 saturated heterocycles. The third-order valence-electron chi connectivity index (χ3n) is 4.84. The van der Waals surface area contributed by atoms with Crippen LogP contribution in [0.4, 0.5) is 0 Å². The Morgan fingerprint density at radius 2 is 1.16 bits per heavy atom. The summed E-state index contributed by atoms with van der Waals surface area (Å²) in [6.07, 6.45) is 1.89. The van der Waals surface area contributed by atoms with Gasteiger partial charge in [0.05, 0.1) is 19.6 Å². The van der Waals surface area contributed by atoms with E-state index in [9.17, 15) is 16.8 Å². The smallest absolute Gasteiger partial charge is 0.206 e. The lowest BCUT2D eigenvalue weighted by Crippen LogP contribution is -2.10. The summed E-state index contributed by atoms with van der Waals surface area (Å²) in [7, 11) is -7.82. The Morgan fingerprint density at radius 3 is 1.74 bits per heavy atom. The Kier molecular flexibility index (Phi) is 5.71. The summed E-state index contributed by atoms with van der Waals surface area (Å²) in [5, 5.41) is 0. The minimum Gasteiger partial charge on any atom is -0.261 e. The Morgan fingerprint density at radius 1 is 0.581 bits per heavy atom. The van der Waals surface area contributed by atoms with Gasteiger partial charge < -0.3 is 0 Å². The second-order valence-corrected chi connectivity index (χ2v) is 10.8. The first-order chi connectivity index (χ1) is 14.9. The number of rotatable bonds is 6. The van der Waals surface area contributed by atoms with Crippen molar-refractivity contribution in [3.8, 4) is 0 Å². The second kappa shape index (κ2) is 8.45. The van der Waals surface area contributed by atoms with Crippen molar-refractivity contribution in [3.05, 3.63) is 115 Å². The maximum Gasteiger partial charge on any atom is 0.206 e. The molecule has 0 atom stereocenters. The van der Waals surface area contributed by atoms with Crippen molar-refractivity contribution >= 4 is 19.7 Å². The molecule has 0 saturated carbocycles. The number of sulfone groups is 2. The highest BCUT2D eigenvalue weighted by molar-refractivity contribution is 7.92.